The third-order valence-corrected chi connectivity index (χ3v) is 5.34. The van der Waals surface area contributed by atoms with Crippen molar-refractivity contribution in [1.29, 1.82) is 0 Å². The Morgan fingerprint density at radius 2 is 2.24 bits per heavy atom. The van der Waals surface area contributed by atoms with Crippen LogP contribution in [-0.2, 0) is 16.1 Å². The zero-order chi connectivity index (χ0) is 17.6. The first kappa shape index (κ1) is 17.7. The van der Waals surface area contributed by atoms with E-state index in [2.05, 4.69) is 4.99 Å². The third-order valence-electron chi connectivity index (χ3n) is 3.45. The van der Waals surface area contributed by atoms with Crippen LogP contribution in [0.5, 0.6) is 0 Å². The van der Waals surface area contributed by atoms with Gasteiger partial charge in [-0.25, -0.2) is 4.39 Å². The molecular formula is C18H17FN2O2S2. The first-order valence-corrected chi connectivity index (χ1v) is 9.54. The molecule has 0 fully saturated rings. The molecule has 3 aromatic rings. The number of aromatic nitrogens is 1. The van der Waals surface area contributed by atoms with Crippen molar-refractivity contribution in [1.82, 2.24) is 4.57 Å². The molecule has 0 aliphatic heterocycles. The molecule has 1 aromatic carbocycles. The number of rotatable bonds is 6. The van der Waals surface area contributed by atoms with E-state index in [0.29, 0.717) is 30.1 Å². The first-order valence-electron chi connectivity index (χ1n) is 7.85. The number of fused-ring (bicyclic) bond motifs is 1. The largest absolute Gasteiger partial charge is 0.380 e. The maximum Gasteiger partial charge on any atom is 0.272 e. The Labute approximate surface area is 152 Å². The van der Waals surface area contributed by atoms with E-state index in [0.717, 1.165) is 9.58 Å². The summed E-state index contributed by atoms with van der Waals surface area (Å²) < 4.78 is 22.1. The molecule has 1 amide bonds. The van der Waals surface area contributed by atoms with Crippen molar-refractivity contribution < 1.29 is 13.9 Å². The number of amides is 1. The molecule has 7 heteroatoms. The van der Waals surface area contributed by atoms with Gasteiger partial charge in [0.25, 0.3) is 5.91 Å². The summed E-state index contributed by atoms with van der Waals surface area (Å²) >= 11 is 2.84. The normalized spacial score (nSPS) is 12.5. The number of thiophene rings is 1. The highest BCUT2D eigenvalue weighted by Gasteiger charge is 2.11. The number of carbonyl (C=O) groups excluding carboxylic acids is 1. The van der Waals surface area contributed by atoms with Gasteiger partial charge in [0.2, 0.25) is 0 Å². The third kappa shape index (κ3) is 4.31. The van der Waals surface area contributed by atoms with Crippen molar-refractivity contribution in [3.63, 3.8) is 0 Å². The zero-order valence-corrected chi connectivity index (χ0v) is 15.3. The minimum absolute atomic E-state index is 0.326. The molecule has 3 rings (SSSR count). The van der Waals surface area contributed by atoms with Crippen molar-refractivity contribution in [2.24, 2.45) is 4.99 Å². The number of para-hydroxylation sites is 1. The van der Waals surface area contributed by atoms with E-state index in [4.69, 9.17) is 4.74 Å². The summed E-state index contributed by atoms with van der Waals surface area (Å²) in [5, 5.41) is 1.94. The molecule has 4 nitrogen and oxygen atoms in total. The summed E-state index contributed by atoms with van der Waals surface area (Å²) in [5.74, 6) is -0.696. The molecule has 0 N–H and O–H groups in total. The van der Waals surface area contributed by atoms with Crippen LogP contribution >= 0.6 is 22.7 Å². The highest BCUT2D eigenvalue weighted by molar-refractivity contribution is 7.16. The smallest absolute Gasteiger partial charge is 0.272 e. The van der Waals surface area contributed by atoms with E-state index in [1.807, 2.05) is 30.5 Å². The average Bonchev–Trinajstić information content (AvgIpc) is 3.22. The molecule has 0 saturated heterocycles. The molecule has 130 valence electrons. The van der Waals surface area contributed by atoms with Crippen LogP contribution in [0.25, 0.3) is 16.3 Å². The standard InChI is InChI=1S/C18H17FN2O2S2/c1-2-23-11-10-21-17-14(19)6-3-7-15(17)25-18(21)20-16(22)9-8-13-5-4-12-24-13/h3-9,12H,2,10-11H2,1H3/b9-8+,20-18?. The molecule has 0 aliphatic carbocycles. The van der Waals surface area contributed by atoms with Gasteiger partial charge < -0.3 is 9.30 Å². The molecule has 2 heterocycles. The fourth-order valence-electron chi connectivity index (χ4n) is 2.35. The lowest BCUT2D eigenvalue weighted by Gasteiger charge is -2.05. The molecular weight excluding hydrogens is 359 g/mol. The second-order valence-electron chi connectivity index (χ2n) is 5.12. The molecule has 0 saturated carbocycles. The molecule has 0 spiro atoms. The van der Waals surface area contributed by atoms with E-state index in [9.17, 15) is 9.18 Å². The second-order valence-corrected chi connectivity index (χ2v) is 7.11. The lowest BCUT2D eigenvalue weighted by molar-refractivity contribution is -0.113. The van der Waals surface area contributed by atoms with E-state index in [-0.39, 0.29) is 11.7 Å². The van der Waals surface area contributed by atoms with Gasteiger partial charge in [-0.3, -0.25) is 4.79 Å². The fourth-order valence-corrected chi connectivity index (χ4v) is 4.04. The van der Waals surface area contributed by atoms with E-state index < -0.39 is 0 Å². The van der Waals surface area contributed by atoms with Crippen LogP contribution < -0.4 is 4.80 Å². The van der Waals surface area contributed by atoms with Crippen LogP contribution in [0.1, 0.15) is 11.8 Å². The van der Waals surface area contributed by atoms with Gasteiger partial charge in [-0.15, -0.1) is 11.3 Å². The Hall–Kier alpha value is -2.09. The Morgan fingerprint density at radius 1 is 1.36 bits per heavy atom. The summed E-state index contributed by atoms with van der Waals surface area (Å²) in [7, 11) is 0. The number of benzene rings is 1. The number of halogens is 1. The molecule has 0 radical (unpaired) electrons. The molecule has 25 heavy (non-hydrogen) atoms. The molecule has 0 atom stereocenters. The zero-order valence-electron chi connectivity index (χ0n) is 13.6. The van der Waals surface area contributed by atoms with Gasteiger partial charge in [0.15, 0.2) is 4.80 Å². The molecule has 2 aromatic heterocycles. The van der Waals surface area contributed by atoms with E-state index >= 15 is 0 Å². The fraction of sp³-hybridized carbons (Fsp3) is 0.222. The minimum atomic E-state index is -0.370. The van der Waals surface area contributed by atoms with Gasteiger partial charge in [0.05, 0.1) is 16.8 Å². The number of thiazole rings is 1. The predicted molar refractivity (Wildman–Crippen MR) is 100 cm³/mol. The van der Waals surface area contributed by atoms with Crippen molar-refractivity contribution in [2.75, 3.05) is 13.2 Å². The van der Waals surface area contributed by atoms with Gasteiger partial charge >= 0.3 is 0 Å². The van der Waals surface area contributed by atoms with Crippen LogP contribution in [0.3, 0.4) is 0 Å². The molecule has 0 bridgehead atoms. The molecule has 0 aliphatic rings. The monoisotopic (exact) mass is 376 g/mol. The molecule has 0 unspecified atom stereocenters. The summed E-state index contributed by atoms with van der Waals surface area (Å²) in [4.78, 5) is 17.8. The van der Waals surface area contributed by atoms with Gasteiger partial charge in [0.1, 0.15) is 5.82 Å². The quantitative estimate of drug-likeness (QED) is 0.481. The number of ether oxygens (including phenoxy) is 1. The Balaban J connectivity index is 1.97. The highest BCUT2D eigenvalue weighted by atomic mass is 32.1. The van der Waals surface area contributed by atoms with Crippen LogP contribution in [0.15, 0.2) is 46.8 Å². The van der Waals surface area contributed by atoms with Crippen LogP contribution in [0.2, 0.25) is 0 Å². The SMILES string of the molecule is CCOCCn1c(=NC(=O)/C=C/c2cccs2)sc2cccc(F)c21. The summed E-state index contributed by atoms with van der Waals surface area (Å²) in [6.07, 6.45) is 3.16. The predicted octanol–water partition coefficient (Wildman–Crippen LogP) is 4.08. The van der Waals surface area contributed by atoms with E-state index in [1.54, 1.807) is 28.0 Å². The summed E-state index contributed by atoms with van der Waals surface area (Å²) in [6, 6.07) is 8.73. The Kier molecular flexibility index (Phi) is 5.91. The highest BCUT2D eigenvalue weighted by Crippen LogP contribution is 2.20. The lowest BCUT2D eigenvalue weighted by atomic mass is 10.3. The van der Waals surface area contributed by atoms with Gasteiger partial charge in [-0.2, -0.15) is 4.99 Å². The average molecular weight is 376 g/mol. The Bertz CT molecular complexity index is 955. The second kappa shape index (κ2) is 8.33. The van der Waals surface area contributed by atoms with Crippen molar-refractivity contribution >= 4 is 44.9 Å². The number of carbonyl (C=O) groups is 1. The topological polar surface area (TPSA) is 43.6 Å². The summed E-state index contributed by atoms with van der Waals surface area (Å²) in [5.41, 5.74) is 0.459. The van der Waals surface area contributed by atoms with Crippen LogP contribution in [0, 0.1) is 5.82 Å². The van der Waals surface area contributed by atoms with Gasteiger partial charge in [-0.05, 0) is 36.6 Å². The van der Waals surface area contributed by atoms with Crippen LogP contribution in [-0.4, -0.2) is 23.7 Å². The van der Waals surface area contributed by atoms with E-state index in [1.165, 1.54) is 23.5 Å². The van der Waals surface area contributed by atoms with Gasteiger partial charge in [0, 0.05) is 24.1 Å². The maximum absolute atomic E-state index is 14.2. The lowest BCUT2D eigenvalue weighted by Crippen LogP contribution is -2.19. The van der Waals surface area contributed by atoms with Crippen LogP contribution in [0.4, 0.5) is 4.39 Å². The first-order chi connectivity index (χ1) is 12.2. The minimum Gasteiger partial charge on any atom is -0.380 e. The number of hydrogen-bond donors (Lipinski definition) is 0. The Morgan fingerprint density at radius 3 is 3.00 bits per heavy atom. The van der Waals surface area contributed by atoms with Gasteiger partial charge in [-0.1, -0.05) is 23.5 Å². The maximum atomic E-state index is 14.2. The summed E-state index contributed by atoms with van der Waals surface area (Å²) in [6.45, 7) is 3.36. The van der Waals surface area contributed by atoms with Crippen molar-refractivity contribution in [3.8, 4) is 0 Å². The van der Waals surface area contributed by atoms with Crippen molar-refractivity contribution in [3.05, 3.63) is 57.3 Å². The number of nitrogens with zero attached hydrogens (tertiary/aromatic N) is 2. The number of hydrogen-bond acceptors (Lipinski definition) is 4. The van der Waals surface area contributed by atoms with Crippen molar-refractivity contribution in [2.45, 2.75) is 13.5 Å².